The van der Waals surface area contributed by atoms with Crippen molar-refractivity contribution in [3.05, 3.63) is 35.9 Å². The number of aryl methyl sites for hydroxylation is 1. The molecule has 2 N–H and O–H groups in total. The molecule has 1 atom stereocenters. The molecular weight excluding hydrogens is 312 g/mol. The van der Waals surface area contributed by atoms with Crippen molar-refractivity contribution < 1.29 is 4.79 Å². The van der Waals surface area contributed by atoms with E-state index in [-0.39, 0.29) is 12.5 Å². The van der Waals surface area contributed by atoms with Crippen molar-refractivity contribution in [2.75, 3.05) is 26.2 Å². The maximum atomic E-state index is 12.3. The van der Waals surface area contributed by atoms with E-state index in [1.165, 1.54) is 12.0 Å². The molecule has 1 aliphatic rings. The van der Waals surface area contributed by atoms with E-state index in [0.29, 0.717) is 6.04 Å². The largest absolute Gasteiger partial charge is 0.357 e. The predicted molar refractivity (Wildman–Crippen MR) is 104 cm³/mol. The monoisotopic (exact) mass is 344 g/mol. The Hall–Kier alpha value is -2.04. The van der Waals surface area contributed by atoms with Gasteiger partial charge in [-0.15, -0.1) is 0 Å². The Labute approximate surface area is 151 Å². The van der Waals surface area contributed by atoms with Gasteiger partial charge < -0.3 is 15.5 Å². The summed E-state index contributed by atoms with van der Waals surface area (Å²) in [4.78, 5) is 18.7. The fraction of sp³-hybridized carbons (Fsp3) is 0.600. The third kappa shape index (κ3) is 7.16. The van der Waals surface area contributed by atoms with E-state index in [1.807, 2.05) is 17.9 Å². The minimum absolute atomic E-state index is 0.133. The molecule has 2 rings (SSSR count). The lowest BCUT2D eigenvalue weighted by Crippen LogP contribution is -2.43. The van der Waals surface area contributed by atoms with Crippen molar-refractivity contribution in [2.24, 2.45) is 4.99 Å². The first-order valence-electron chi connectivity index (χ1n) is 9.55. The molecule has 1 aromatic rings. The van der Waals surface area contributed by atoms with E-state index < -0.39 is 0 Å². The third-order valence-corrected chi connectivity index (χ3v) is 4.52. The van der Waals surface area contributed by atoms with Gasteiger partial charge >= 0.3 is 0 Å². The second-order valence-corrected chi connectivity index (χ2v) is 6.71. The maximum Gasteiger partial charge on any atom is 0.244 e. The van der Waals surface area contributed by atoms with Crippen molar-refractivity contribution in [1.29, 1.82) is 0 Å². The molecule has 5 nitrogen and oxygen atoms in total. The van der Waals surface area contributed by atoms with E-state index in [4.69, 9.17) is 0 Å². The van der Waals surface area contributed by atoms with Gasteiger partial charge in [-0.2, -0.15) is 0 Å². The molecule has 0 bridgehead atoms. The first kappa shape index (κ1) is 19.3. The van der Waals surface area contributed by atoms with Crippen molar-refractivity contribution in [1.82, 2.24) is 15.5 Å². The van der Waals surface area contributed by atoms with Gasteiger partial charge in [-0.1, -0.05) is 30.3 Å². The summed E-state index contributed by atoms with van der Waals surface area (Å²) in [6.45, 7) is 6.97. The molecule has 0 radical (unpaired) electrons. The van der Waals surface area contributed by atoms with E-state index in [1.54, 1.807) is 0 Å². The number of guanidine groups is 1. The Balaban J connectivity index is 1.80. The molecule has 0 aliphatic carbocycles. The highest BCUT2D eigenvalue weighted by atomic mass is 16.2. The lowest BCUT2D eigenvalue weighted by atomic mass is 10.1. The number of hydrogen-bond acceptors (Lipinski definition) is 2. The van der Waals surface area contributed by atoms with Crippen LogP contribution in [0.15, 0.2) is 35.3 Å². The van der Waals surface area contributed by atoms with Crippen molar-refractivity contribution in [2.45, 2.75) is 52.0 Å². The van der Waals surface area contributed by atoms with E-state index in [9.17, 15) is 4.79 Å². The summed E-state index contributed by atoms with van der Waals surface area (Å²) in [7, 11) is 0. The Kier molecular flexibility index (Phi) is 8.29. The summed E-state index contributed by atoms with van der Waals surface area (Å²) in [6.07, 6.45) is 5.51. The van der Waals surface area contributed by atoms with E-state index >= 15 is 0 Å². The second-order valence-electron chi connectivity index (χ2n) is 6.71. The molecule has 1 heterocycles. The van der Waals surface area contributed by atoms with Crippen LogP contribution >= 0.6 is 0 Å². The van der Waals surface area contributed by atoms with Crippen LogP contribution in [0.5, 0.6) is 0 Å². The number of carbonyl (C=O) groups excluding carboxylic acids is 1. The standard InChI is InChI=1S/C20H32N4O/c1-3-21-20(22-16-19(25)24-14-8-5-9-15-24)23-17(2)12-13-18-10-6-4-7-11-18/h4,6-7,10-11,17H,3,5,8-9,12-16H2,1-2H3,(H2,21,22,23). The molecule has 0 spiro atoms. The SMILES string of the molecule is CCNC(=NCC(=O)N1CCCCC1)NC(C)CCc1ccccc1. The number of likely N-dealkylation sites (tertiary alicyclic amines) is 1. The molecule has 1 amide bonds. The molecule has 0 aromatic heterocycles. The first-order valence-corrected chi connectivity index (χ1v) is 9.55. The minimum atomic E-state index is 0.133. The first-order chi connectivity index (χ1) is 12.2. The van der Waals surface area contributed by atoms with Crippen molar-refractivity contribution in [3.8, 4) is 0 Å². The fourth-order valence-corrected chi connectivity index (χ4v) is 3.04. The number of aliphatic imine (C=N–C) groups is 1. The maximum absolute atomic E-state index is 12.3. The Bertz CT molecular complexity index is 538. The number of benzene rings is 1. The lowest BCUT2D eigenvalue weighted by Gasteiger charge is -2.26. The van der Waals surface area contributed by atoms with Crippen molar-refractivity contribution >= 4 is 11.9 Å². The smallest absolute Gasteiger partial charge is 0.244 e. The van der Waals surface area contributed by atoms with Crippen LogP contribution < -0.4 is 10.6 Å². The normalized spacial score (nSPS) is 16.4. The minimum Gasteiger partial charge on any atom is -0.357 e. The summed E-state index contributed by atoms with van der Waals surface area (Å²) in [5.74, 6) is 0.863. The predicted octanol–water partition coefficient (Wildman–Crippen LogP) is 2.58. The zero-order valence-electron chi connectivity index (χ0n) is 15.6. The van der Waals surface area contributed by atoms with Gasteiger partial charge in [0.1, 0.15) is 6.54 Å². The van der Waals surface area contributed by atoms with Gasteiger partial charge in [0.2, 0.25) is 5.91 Å². The lowest BCUT2D eigenvalue weighted by molar-refractivity contribution is -0.130. The molecule has 1 unspecified atom stereocenters. The van der Waals surface area contributed by atoms with Crippen LogP contribution in [0.4, 0.5) is 0 Å². The number of hydrogen-bond donors (Lipinski definition) is 2. The number of piperidine rings is 1. The molecule has 5 heteroatoms. The Morgan fingerprint density at radius 1 is 1.20 bits per heavy atom. The van der Waals surface area contributed by atoms with Crippen LogP contribution in [0.25, 0.3) is 0 Å². The Morgan fingerprint density at radius 3 is 2.60 bits per heavy atom. The molecule has 1 fully saturated rings. The molecule has 1 saturated heterocycles. The Morgan fingerprint density at radius 2 is 1.92 bits per heavy atom. The molecule has 1 aliphatic heterocycles. The number of amides is 1. The average Bonchev–Trinajstić information content (AvgIpc) is 2.66. The highest BCUT2D eigenvalue weighted by molar-refractivity contribution is 5.85. The van der Waals surface area contributed by atoms with E-state index in [0.717, 1.165) is 51.3 Å². The van der Waals surface area contributed by atoms with Gasteiger partial charge in [-0.25, -0.2) is 4.99 Å². The molecule has 138 valence electrons. The summed E-state index contributed by atoms with van der Waals surface area (Å²) in [6, 6.07) is 10.8. The quantitative estimate of drug-likeness (QED) is 0.590. The number of nitrogens with zero attached hydrogens (tertiary/aromatic N) is 2. The van der Waals surface area contributed by atoms with Crippen molar-refractivity contribution in [3.63, 3.8) is 0 Å². The summed E-state index contributed by atoms with van der Waals surface area (Å²) in [5, 5.41) is 6.65. The van der Waals surface area contributed by atoms with E-state index in [2.05, 4.69) is 46.8 Å². The highest BCUT2D eigenvalue weighted by Crippen LogP contribution is 2.08. The number of rotatable bonds is 7. The molecule has 25 heavy (non-hydrogen) atoms. The zero-order chi connectivity index (χ0) is 17.9. The van der Waals surface area contributed by atoms with Gasteiger partial charge in [0.05, 0.1) is 0 Å². The van der Waals surface area contributed by atoms with Gasteiger partial charge in [-0.05, 0) is 51.5 Å². The third-order valence-electron chi connectivity index (χ3n) is 4.52. The highest BCUT2D eigenvalue weighted by Gasteiger charge is 2.16. The number of carbonyl (C=O) groups is 1. The fourth-order valence-electron chi connectivity index (χ4n) is 3.04. The second kappa shape index (κ2) is 10.7. The van der Waals surface area contributed by atoms with Crippen LogP contribution in [0.2, 0.25) is 0 Å². The van der Waals surface area contributed by atoms with Gasteiger partial charge in [0.25, 0.3) is 0 Å². The summed E-state index contributed by atoms with van der Waals surface area (Å²) in [5.41, 5.74) is 1.35. The van der Waals surface area contributed by atoms with Crippen LogP contribution in [0, 0.1) is 0 Å². The molecule has 1 aromatic carbocycles. The van der Waals surface area contributed by atoms with Crippen LogP contribution in [0.1, 0.15) is 45.1 Å². The molecular formula is C20H32N4O. The van der Waals surface area contributed by atoms with Crippen LogP contribution in [-0.2, 0) is 11.2 Å². The summed E-state index contributed by atoms with van der Waals surface area (Å²) >= 11 is 0. The summed E-state index contributed by atoms with van der Waals surface area (Å²) < 4.78 is 0. The van der Waals surface area contributed by atoms with Gasteiger partial charge in [0.15, 0.2) is 5.96 Å². The van der Waals surface area contributed by atoms with Gasteiger partial charge in [-0.3, -0.25) is 4.79 Å². The molecule has 0 saturated carbocycles. The topological polar surface area (TPSA) is 56.7 Å². The zero-order valence-corrected chi connectivity index (χ0v) is 15.6. The average molecular weight is 345 g/mol. The van der Waals surface area contributed by atoms with Gasteiger partial charge in [0, 0.05) is 25.7 Å². The van der Waals surface area contributed by atoms with Crippen LogP contribution in [-0.4, -0.2) is 49.0 Å². The number of nitrogens with one attached hydrogen (secondary N) is 2. The van der Waals surface area contributed by atoms with Crippen LogP contribution in [0.3, 0.4) is 0 Å².